The number of carbonyl (C=O) groups excluding carboxylic acids is 1. The van der Waals surface area contributed by atoms with Crippen molar-refractivity contribution in [2.45, 2.75) is 6.61 Å². The van der Waals surface area contributed by atoms with Crippen molar-refractivity contribution in [3.05, 3.63) is 59.4 Å². The minimum absolute atomic E-state index is 0.155. The minimum Gasteiger partial charge on any atom is -0.365 e. The Kier molecular flexibility index (Phi) is 4.80. The van der Waals surface area contributed by atoms with E-state index in [9.17, 15) is 9.18 Å². The molecule has 2 heterocycles. The third kappa shape index (κ3) is 4.24. The number of ether oxygens (including phenoxy) is 1. The third-order valence-corrected chi connectivity index (χ3v) is 3.80. The first-order valence-corrected chi connectivity index (χ1v) is 7.71. The average Bonchev–Trinajstić information content (AvgIpc) is 3.18. The van der Waals surface area contributed by atoms with Gasteiger partial charge >= 0.3 is 0 Å². The lowest BCUT2D eigenvalue weighted by molar-refractivity contribution is -0.121. The smallest absolute Gasteiger partial charge is 0.250 e. The molecular formula is C16H13FN2O3S. The molecule has 0 bridgehead atoms. The summed E-state index contributed by atoms with van der Waals surface area (Å²) in [6, 6.07) is 11.3. The molecule has 0 aliphatic rings. The van der Waals surface area contributed by atoms with Crippen molar-refractivity contribution in [2.75, 3.05) is 11.9 Å². The van der Waals surface area contributed by atoms with E-state index in [0.29, 0.717) is 17.1 Å². The van der Waals surface area contributed by atoms with Gasteiger partial charge in [0.15, 0.2) is 5.76 Å². The van der Waals surface area contributed by atoms with E-state index in [-0.39, 0.29) is 19.1 Å². The molecular weight excluding hydrogens is 319 g/mol. The van der Waals surface area contributed by atoms with Crippen LogP contribution in [0, 0.1) is 5.82 Å². The molecule has 7 heteroatoms. The van der Waals surface area contributed by atoms with E-state index in [1.165, 1.54) is 18.2 Å². The summed E-state index contributed by atoms with van der Waals surface area (Å²) < 4.78 is 23.5. The van der Waals surface area contributed by atoms with Crippen molar-refractivity contribution in [3.8, 4) is 10.6 Å². The number of halogens is 1. The molecule has 0 atom stereocenters. The monoisotopic (exact) mass is 332 g/mol. The molecule has 23 heavy (non-hydrogen) atoms. The van der Waals surface area contributed by atoms with Gasteiger partial charge in [-0.2, -0.15) is 0 Å². The van der Waals surface area contributed by atoms with E-state index >= 15 is 0 Å². The van der Waals surface area contributed by atoms with Crippen LogP contribution < -0.4 is 5.32 Å². The van der Waals surface area contributed by atoms with Gasteiger partial charge in [0.2, 0.25) is 5.91 Å². The molecule has 0 spiro atoms. The molecule has 1 amide bonds. The molecule has 0 aliphatic carbocycles. The van der Waals surface area contributed by atoms with E-state index in [4.69, 9.17) is 9.26 Å². The number of anilines is 1. The molecule has 0 unspecified atom stereocenters. The maximum atomic E-state index is 13.0. The van der Waals surface area contributed by atoms with Crippen LogP contribution in [-0.2, 0) is 16.1 Å². The summed E-state index contributed by atoms with van der Waals surface area (Å²) in [5, 5.41) is 8.39. The van der Waals surface area contributed by atoms with Crippen LogP contribution in [0.15, 0.2) is 52.4 Å². The zero-order chi connectivity index (χ0) is 16.1. The molecule has 0 saturated carbocycles. The molecule has 2 aromatic heterocycles. The van der Waals surface area contributed by atoms with Crippen molar-refractivity contribution in [1.82, 2.24) is 5.16 Å². The summed E-state index contributed by atoms with van der Waals surface area (Å²) in [5.41, 5.74) is 0.993. The second-order valence-corrected chi connectivity index (χ2v) is 5.66. The molecule has 118 valence electrons. The van der Waals surface area contributed by atoms with Gasteiger partial charge in [0.1, 0.15) is 18.1 Å². The number of aromatic nitrogens is 1. The number of hydrogen-bond acceptors (Lipinski definition) is 5. The van der Waals surface area contributed by atoms with Gasteiger partial charge in [0, 0.05) is 11.8 Å². The van der Waals surface area contributed by atoms with Crippen molar-refractivity contribution in [3.63, 3.8) is 0 Å². The normalized spacial score (nSPS) is 10.7. The molecule has 1 N–H and O–H groups in total. The third-order valence-electron chi connectivity index (χ3n) is 2.91. The molecule has 3 rings (SSSR count). The highest BCUT2D eigenvalue weighted by atomic mass is 32.1. The van der Waals surface area contributed by atoms with Gasteiger partial charge in [-0.3, -0.25) is 4.79 Å². The molecule has 5 nitrogen and oxygen atoms in total. The van der Waals surface area contributed by atoms with E-state index in [1.807, 2.05) is 17.5 Å². The maximum Gasteiger partial charge on any atom is 0.250 e. The second-order valence-electron chi connectivity index (χ2n) is 4.71. The Labute approximate surface area is 135 Å². The fraction of sp³-hybridized carbons (Fsp3) is 0.125. The van der Waals surface area contributed by atoms with Crippen LogP contribution in [0.3, 0.4) is 0 Å². The highest BCUT2D eigenvalue weighted by molar-refractivity contribution is 7.13. The van der Waals surface area contributed by atoms with Crippen LogP contribution in [0.4, 0.5) is 10.1 Å². The predicted molar refractivity (Wildman–Crippen MR) is 84.5 cm³/mol. The fourth-order valence-electron chi connectivity index (χ4n) is 1.93. The first-order chi connectivity index (χ1) is 11.2. The highest BCUT2D eigenvalue weighted by Crippen LogP contribution is 2.25. The summed E-state index contributed by atoms with van der Waals surface area (Å²) in [4.78, 5) is 12.7. The van der Waals surface area contributed by atoms with Gasteiger partial charge in [-0.15, -0.1) is 11.3 Å². The molecule has 0 saturated heterocycles. The Morgan fingerprint density at radius 1 is 1.30 bits per heavy atom. The van der Waals surface area contributed by atoms with Crippen LogP contribution in [0.1, 0.15) is 5.69 Å². The summed E-state index contributed by atoms with van der Waals surface area (Å²) in [6.45, 7) is 0.00313. The van der Waals surface area contributed by atoms with Gasteiger partial charge in [0.05, 0.1) is 11.5 Å². The van der Waals surface area contributed by atoms with Gasteiger partial charge < -0.3 is 14.6 Å². The number of nitrogens with one attached hydrogen (secondary N) is 1. The summed E-state index contributed by atoms with van der Waals surface area (Å²) in [5.74, 6) is -0.104. The Balaban J connectivity index is 1.47. The fourth-order valence-corrected chi connectivity index (χ4v) is 2.60. The van der Waals surface area contributed by atoms with Crippen molar-refractivity contribution >= 4 is 22.9 Å². The lowest BCUT2D eigenvalue weighted by Gasteiger charge is -2.05. The molecule has 1 aromatic carbocycles. The van der Waals surface area contributed by atoms with Gasteiger partial charge in [-0.25, -0.2) is 4.39 Å². The lowest BCUT2D eigenvalue weighted by Crippen LogP contribution is -2.18. The van der Waals surface area contributed by atoms with Crippen LogP contribution in [0.25, 0.3) is 10.6 Å². The summed E-state index contributed by atoms with van der Waals surface area (Å²) >= 11 is 1.55. The minimum atomic E-state index is -0.410. The number of benzene rings is 1. The SMILES string of the molecule is O=C(COCc1cc(-c2cccs2)on1)Nc1cccc(F)c1. The summed E-state index contributed by atoms with van der Waals surface area (Å²) in [6.07, 6.45) is 0. The number of thiophene rings is 1. The van der Waals surface area contributed by atoms with Crippen LogP contribution in [0.2, 0.25) is 0 Å². The Morgan fingerprint density at radius 2 is 2.22 bits per heavy atom. The highest BCUT2D eigenvalue weighted by Gasteiger charge is 2.09. The zero-order valence-electron chi connectivity index (χ0n) is 12.0. The van der Waals surface area contributed by atoms with Gasteiger partial charge in [0.25, 0.3) is 0 Å². The number of hydrogen-bond donors (Lipinski definition) is 1. The first-order valence-electron chi connectivity index (χ1n) is 6.83. The van der Waals surface area contributed by atoms with Crippen molar-refractivity contribution in [1.29, 1.82) is 0 Å². The topological polar surface area (TPSA) is 64.4 Å². The van der Waals surface area contributed by atoms with Crippen LogP contribution >= 0.6 is 11.3 Å². The molecule has 0 fully saturated rings. The van der Waals surface area contributed by atoms with E-state index < -0.39 is 5.82 Å². The lowest BCUT2D eigenvalue weighted by atomic mass is 10.3. The predicted octanol–water partition coefficient (Wildman–Crippen LogP) is 3.70. The van der Waals surface area contributed by atoms with Gasteiger partial charge in [-0.05, 0) is 29.6 Å². The van der Waals surface area contributed by atoms with E-state index in [0.717, 1.165) is 4.88 Å². The molecule has 0 radical (unpaired) electrons. The van der Waals surface area contributed by atoms with E-state index in [1.54, 1.807) is 23.5 Å². The van der Waals surface area contributed by atoms with Crippen molar-refractivity contribution < 1.29 is 18.4 Å². The molecule has 3 aromatic rings. The largest absolute Gasteiger partial charge is 0.365 e. The van der Waals surface area contributed by atoms with Crippen LogP contribution in [-0.4, -0.2) is 17.7 Å². The van der Waals surface area contributed by atoms with Crippen molar-refractivity contribution in [2.24, 2.45) is 0 Å². The standard InChI is InChI=1S/C16H13FN2O3S/c17-11-3-1-4-12(7-11)18-16(20)10-21-9-13-8-14(22-19-13)15-5-2-6-23-15/h1-8H,9-10H2,(H,18,20). The molecule has 0 aliphatic heterocycles. The Hall–Kier alpha value is -2.51. The van der Waals surface area contributed by atoms with E-state index in [2.05, 4.69) is 10.5 Å². The number of nitrogens with zero attached hydrogens (tertiary/aromatic N) is 1. The second kappa shape index (κ2) is 7.17. The number of carbonyl (C=O) groups is 1. The Bertz CT molecular complexity index is 786. The summed E-state index contributed by atoms with van der Waals surface area (Å²) in [7, 11) is 0. The quantitative estimate of drug-likeness (QED) is 0.747. The number of amides is 1. The van der Waals surface area contributed by atoms with Crippen LogP contribution in [0.5, 0.6) is 0 Å². The zero-order valence-corrected chi connectivity index (χ0v) is 12.8. The number of rotatable bonds is 6. The maximum absolute atomic E-state index is 13.0. The first kappa shape index (κ1) is 15.4. The Morgan fingerprint density at radius 3 is 3.00 bits per heavy atom. The average molecular weight is 332 g/mol. The van der Waals surface area contributed by atoms with Gasteiger partial charge in [-0.1, -0.05) is 17.3 Å².